The van der Waals surface area contributed by atoms with E-state index in [0.717, 1.165) is 31.2 Å². The number of piperidine rings is 1. The SMILES string of the molecule is NC(=O)Nc1ccc(CNC(=O)C2CCN(C(=O)C3CC3)CC2)cc1. The standard InChI is InChI=1S/C18H24N4O3/c19-18(25)21-15-5-1-12(2-6-15)11-20-16(23)13-7-9-22(10-8-13)17(24)14-3-4-14/h1-2,5-6,13-14H,3-4,7-11H2,(H,20,23)(H3,19,21,25). The zero-order valence-electron chi connectivity index (χ0n) is 14.2. The molecule has 0 aromatic heterocycles. The van der Waals surface area contributed by atoms with Crippen LogP contribution in [0.2, 0.25) is 0 Å². The van der Waals surface area contributed by atoms with Crippen molar-refractivity contribution >= 4 is 23.5 Å². The van der Waals surface area contributed by atoms with Gasteiger partial charge in [-0.3, -0.25) is 9.59 Å². The quantitative estimate of drug-likeness (QED) is 0.753. The summed E-state index contributed by atoms with van der Waals surface area (Å²) in [7, 11) is 0. The van der Waals surface area contributed by atoms with Gasteiger partial charge in [-0.2, -0.15) is 0 Å². The third kappa shape index (κ3) is 4.71. The second-order valence-corrected chi connectivity index (χ2v) is 6.78. The molecule has 4 amide bonds. The summed E-state index contributed by atoms with van der Waals surface area (Å²) in [6.45, 7) is 1.80. The Labute approximate surface area is 146 Å². The summed E-state index contributed by atoms with van der Waals surface area (Å²) in [6.07, 6.45) is 3.50. The molecule has 134 valence electrons. The molecule has 4 N–H and O–H groups in total. The van der Waals surface area contributed by atoms with E-state index in [1.54, 1.807) is 12.1 Å². The van der Waals surface area contributed by atoms with Crippen LogP contribution >= 0.6 is 0 Å². The highest BCUT2D eigenvalue weighted by Gasteiger charge is 2.35. The Balaban J connectivity index is 1.42. The number of nitrogens with two attached hydrogens (primary N) is 1. The molecule has 7 nitrogen and oxygen atoms in total. The molecule has 25 heavy (non-hydrogen) atoms. The number of carbonyl (C=O) groups excluding carboxylic acids is 3. The average molecular weight is 344 g/mol. The van der Waals surface area contributed by atoms with Crippen molar-refractivity contribution in [1.82, 2.24) is 10.2 Å². The van der Waals surface area contributed by atoms with E-state index >= 15 is 0 Å². The number of hydrogen-bond acceptors (Lipinski definition) is 3. The normalized spacial score (nSPS) is 17.8. The van der Waals surface area contributed by atoms with E-state index in [-0.39, 0.29) is 23.7 Å². The summed E-state index contributed by atoms with van der Waals surface area (Å²) in [4.78, 5) is 37.0. The second-order valence-electron chi connectivity index (χ2n) is 6.78. The van der Waals surface area contributed by atoms with Gasteiger partial charge in [0.05, 0.1) is 0 Å². The molecule has 2 fully saturated rings. The minimum atomic E-state index is -0.604. The maximum atomic E-state index is 12.3. The molecular weight excluding hydrogens is 320 g/mol. The van der Waals surface area contributed by atoms with Crippen molar-refractivity contribution in [3.63, 3.8) is 0 Å². The number of nitrogens with zero attached hydrogens (tertiary/aromatic N) is 1. The fourth-order valence-electron chi connectivity index (χ4n) is 3.13. The van der Waals surface area contributed by atoms with Crippen LogP contribution in [0, 0.1) is 11.8 Å². The summed E-state index contributed by atoms with van der Waals surface area (Å²) in [5, 5.41) is 5.45. The van der Waals surface area contributed by atoms with Crippen molar-refractivity contribution in [1.29, 1.82) is 0 Å². The van der Waals surface area contributed by atoms with Gasteiger partial charge in [0.25, 0.3) is 0 Å². The number of benzene rings is 1. The molecule has 1 saturated heterocycles. The van der Waals surface area contributed by atoms with Gasteiger partial charge in [0.15, 0.2) is 0 Å². The molecule has 0 unspecified atom stereocenters. The first-order valence-corrected chi connectivity index (χ1v) is 8.75. The predicted octanol–water partition coefficient (Wildman–Crippen LogP) is 1.44. The number of hydrogen-bond donors (Lipinski definition) is 3. The van der Waals surface area contributed by atoms with Gasteiger partial charge in [-0.1, -0.05) is 12.1 Å². The lowest BCUT2D eigenvalue weighted by atomic mass is 9.95. The van der Waals surface area contributed by atoms with Crippen LogP contribution < -0.4 is 16.4 Å². The first-order valence-electron chi connectivity index (χ1n) is 8.75. The number of nitrogens with one attached hydrogen (secondary N) is 2. The van der Waals surface area contributed by atoms with E-state index in [1.165, 1.54) is 0 Å². The van der Waals surface area contributed by atoms with Crippen LogP contribution in [0.25, 0.3) is 0 Å². The van der Waals surface area contributed by atoms with Crippen LogP contribution in [-0.2, 0) is 16.1 Å². The van der Waals surface area contributed by atoms with E-state index in [0.29, 0.717) is 25.3 Å². The fourth-order valence-corrected chi connectivity index (χ4v) is 3.13. The number of likely N-dealkylation sites (tertiary alicyclic amines) is 1. The molecule has 0 spiro atoms. The van der Waals surface area contributed by atoms with Crippen molar-refractivity contribution in [2.75, 3.05) is 18.4 Å². The molecule has 2 aliphatic rings. The highest BCUT2D eigenvalue weighted by Crippen LogP contribution is 2.32. The van der Waals surface area contributed by atoms with Crippen LogP contribution in [0.15, 0.2) is 24.3 Å². The van der Waals surface area contributed by atoms with Crippen LogP contribution in [0.5, 0.6) is 0 Å². The van der Waals surface area contributed by atoms with Crippen molar-refractivity contribution in [3.05, 3.63) is 29.8 Å². The smallest absolute Gasteiger partial charge is 0.316 e. The molecule has 0 bridgehead atoms. The molecule has 1 heterocycles. The van der Waals surface area contributed by atoms with Crippen molar-refractivity contribution in [3.8, 4) is 0 Å². The van der Waals surface area contributed by atoms with Crippen LogP contribution in [0.3, 0.4) is 0 Å². The summed E-state index contributed by atoms with van der Waals surface area (Å²) in [6, 6.07) is 6.56. The lowest BCUT2D eigenvalue weighted by molar-refractivity contribution is -0.136. The Hall–Kier alpha value is -2.57. The molecule has 0 atom stereocenters. The second kappa shape index (κ2) is 7.55. The third-order valence-corrected chi connectivity index (χ3v) is 4.79. The van der Waals surface area contributed by atoms with Gasteiger partial charge in [-0.15, -0.1) is 0 Å². The van der Waals surface area contributed by atoms with Gasteiger partial charge in [0, 0.05) is 37.2 Å². The van der Waals surface area contributed by atoms with E-state index < -0.39 is 6.03 Å². The number of carbonyl (C=O) groups is 3. The Morgan fingerprint density at radius 3 is 2.20 bits per heavy atom. The Morgan fingerprint density at radius 1 is 1.00 bits per heavy atom. The minimum Gasteiger partial charge on any atom is -0.352 e. The molecule has 1 aliphatic carbocycles. The van der Waals surface area contributed by atoms with Gasteiger partial charge in [-0.05, 0) is 43.4 Å². The van der Waals surface area contributed by atoms with E-state index in [2.05, 4.69) is 10.6 Å². The van der Waals surface area contributed by atoms with Gasteiger partial charge < -0.3 is 21.3 Å². The topological polar surface area (TPSA) is 105 Å². The number of amides is 4. The number of anilines is 1. The summed E-state index contributed by atoms with van der Waals surface area (Å²) < 4.78 is 0. The van der Waals surface area contributed by atoms with Gasteiger partial charge in [-0.25, -0.2) is 4.79 Å². The number of urea groups is 1. The summed E-state index contributed by atoms with van der Waals surface area (Å²) >= 11 is 0. The Bertz CT molecular complexity index is 647. The fraction of sp³-hybridized carbons (Fsp3) is 0.500. The van der Waals surface area contributed by atoms with Crippen LogP contribution in [0.4, 0.5) is 10.5 Å². The maximum Gasteiger partial charge on any atom is 0.316 e. The zero-order chi connectivity index (χ0) is 17.8. The number of primary amides is 1. The first-order chi connectivity index (χ1) is 12.0. The number of rotatable bonds is 5. The summed E-state index contributed by atoms with van der Waals surface area (Å²) in [5.41, 5.74) is 6.63. The molecule has 1 aromatic rings. The summed E-state index contributed by atoms with van der Waals surface area (Å²) in [5.74, 6) is 0.526. The Morgan fingerprint density at radius 2 is 1.64 bits per heavy atom. The largest absolute Gasteiger partial charge is 0.352 e. The highest BCUT2D eigenvalue weighted by atomic mass is 16.2. The predicted molar refractivity (Wildman–Crippen MR) is 93.5 cm³/mol. The first kappa shape index (κ1) is 17.3. The van der Waals surface area contributed by atoms with Gasteiger partial charge >= 0.3 is 6.03 Å². The van der Waals surface area contributed by atoms with Crippen LogP contribution in [0.1, 0.15) is 31.2 Å². The molecule has 3 rings (SSSR count). The van der Waals surface area contributed by atoms with Crippen LogP contribution in [-0.4, -0.2) is 35.8 Å². The zero-order valence-corrected chi connectivity index (χ0v) is 14.2. The van der Waals surface area contributed by atoms with E-state index in [9.17, 15) is 14.4 Å². The third-order valence-electron chi connectivity index (χ3n) is 4.79. The molecule has 1 aromatic carbocycles. The lowest BCUT2D eigenvalue weighted by Crippen LogP contribution is -2.43. The maximum absolute atomic E-state index is 12.3. The highest BCUT2D eigenvalue weighted by molar-refractivity contribution is 5.87. The van der Waals surface area contributed by atoms with Gasteiger partial charge in [0.2, 0.25) is 11.8 Å². The average Bonchev–Trinajstić information content (AvgIpc) is 3.45. The minimum absolute atomic E-state index is 0.0287. The van der Waals surface area contributed by atoms with Crippen molar-refractivity contribution in [2.45, 2.75) is 32.2 Å². The van der Waals surface area contributed by atoms with E-state index in [1.807, 2.05) is 17.0 Å². The van der Waals surface area contributed by atoms with Crippen molar-refractivity contribution in [2.24, 2.45) is 17.6 Å². The van der Waals surface area contributed by atoms with E-state index in [4.69, 9.17) is 5.73 Å². The Kier molecular flexibility index (Phi) is 5.21. The molecule has 7 heteroatoms. The lowest BCUT2D eigenvalue weighted by Gasteiger charge is -2.31. The molecule has 1 saturated carbocycles. The van der Waals surface area contributed by atoms with Crippen molar-refractivity contribution < 1.29 is 14.4 Å². The molecular formula is C18H24N4O3. The monoisotopic (exact) mass is 344 g/mol. The molecule has 1 aliphatic heterocycles. The molecule has 0 radical (unpaired) electrons. The van der Waals surface area contributed by atoms with Gasteiger partial charge in [0.1, 0.15) is 0 Å².